The van der Waals surface area contributed by atoms with Gasteiger partial charge in [0.1, 0.15) is 24.5 Å². The molecule has 1 saturated heterocycles. The summed E-state index contributed by atoms with van der Waals surface area (Å²) in [5.74, 6) is -0.125. The van der Waals surface area contributed by atoms with E-state index < -0.39 is 17.8 Å². The molecule has 0 aliphatic carbocycles. The molecule has 0 unspecified atom stereocenters. The van der Waals surface area contributed by atoms with Gasteiger partial charge in [0.25, 0.3) is 11.8 Å². The zero-order chi connectivity index (χ0) is 33.1. The molecule has 0 radical (unpaired) electrons. The van der Waals surface area contributed by atoms with Gasteiger partial charge in [-0.15, -0.1) is 0 Å². The minimum atomic E-state index is -0.841. The number of nitrogens with zero attached hydrogens (tertiary/aromatic N) is 1. The van der Waals surface area contributed by atoms with Crippen LogP contribution in [0.2, 0.25) is 0 Å². The van der Waals surface area contributed by atoms with Gasteiger partial charge in [0.05, 0.1) is 17.3 Å². The van der Waals surface area contributed by atoms with Gasteiger partial charge in [-0.25, -0.2) is 9.69 Å². The molecule has 0 saturated carbocycles. The lowest BCUT2D eigenvalue weighted by atomic mass is 10.0. The molecule has 1 heterocycles. The fraction of sp³-hybridized carbons (Fsp3) is 0.108. The third kappa shape index (κ3) is 6.94. The normalized spacial score (nSPS) is 14.0. The van der Waals surface area contributed by atoms with Gasteiger partial charge >= 0.3 is 6.03 Å². The van der Waals surface area contributed by atoms with Crippen LogP contribution in [0.1, 0.15) is 22.3 Å². The monoisotopic (exact) mass is 754 g/mol. The van der Waals surface area contributed by atoms with E-state index in [9.17, 15) is 14.4 Å². The molecule has 1 fully saturated rings. The first-order valence-electron chi connectivity index (χ1n) is 14.6. The predicted molar refractivity (Wildman–Crippen MR) is 188 cm³/mol. The second-order valence-electron chi connectivity index (χ2n) is 10.8. The number of ether oxygens (including phenoxy) is 3. The van der Waals surface area contributed by atoms with E-state index in [1.165, 1.54) is 13.2 Å². The molecule has 0 aromatic heterocycles. The van der Waals surface area contributed by atoms with E-state index in [2.05, 4.69) is 61.4 Å². The van der Waals surface area contributed by atoms with Gasteiger partial charge in [-0.05, 0) is 105 Å². The molecule has 1 aliphatic heterocycles. The Balaban J connectivity index is 1.21. The average Bonchev–Trinajstić information content (AvgIpc) is 3.07. The number of amides is 4. The molecule has 8 nitrogen and oxygen atoms in total. The van der Waals surface area contributed by atoms with E-state index >= 15 is 0 Å². The maximum atomic E-state index is 13.6. The molecule has 5 aromatic carbocycles. The van der Waals surface area contributed by atoms with E-state index in [1.54, 1.807) is 36.4 Å². The van der Waals surface area contributed by atoms with Gasteiger partial charge in [-0.1, -0.05) is 64.5 Å². The average molecular weight is 756 g/mol. The molecular weight excluding hydrogens is 728 g/mol. The van der Waals surface area contributed by atoms with E-state index in [4.69, 9.17) is 14.2 Å². The maximum Gasteiger partial charge on any atom is 0.335 e. The fourth-order valence-corrected chi connectivity index (χ4v) is 6.08. The second-order valence-corrected chi connectivity index (χ2v) is 12.5. The van der Waals surface area contributed by atoms with E-state index in [1.807, 2.05) is 43.3 Å². The number of anilines is 1. The summed E-state index contributed by atoms with van der Waals surface area (Å²) in [5.41, 5.74) is 3.71. The fourth-order valence-electron chi connectivity index (χ4n) is 5.24. The van der Waals surface area contributed by atoms with Crippen LogP contribution in [0.4, 0.5) is 10.5 Å². The Morgan fingerprint density at radius 3 is 2.32 bits per heavy atom. The van der Waals surface area contributed by atoms with Crippen molar-refractivity contribution in [2.24, 2.45) is 0 Å². The maximum absolute atomic E-state index is 13.6. The highest BCUT2D eigenvalue weighted by Gasteiger charge is 2.37. The number of carbonyl (C=O) groups is 3. The van der Waals surface area contributed by atoms with Crippen LogP contribution in [0.3, 0.4) is 0 Å². The SMILES string of the molecule is COc1cc(/C=C2\C(=O)NC(=O)N(c3ccc(OCc4ccc(Br)cc4)cc3)C2=O)cc(Br)c1OCc1c(C)ccc2ccccc12. The summed E-state index contributed by atoms with van der Waals surface area (Å²) in [5, 5.41) is 4.49. The minimum Gasteiger partial charge on any atom is -0.493 e. The van der Waals surface area contributed by atoms with Crippen molar-refractivity contribution in [3.05, 3.63) is 134 Å². The van der Waals surface area contributed by atoms with Crippen LogP contribution in [-0.2, 0) is 22.8 Å². The summed E-state index contributed by atoms with van der Waals surface area (Å²) in [4.78, 5) is 40.1. The summed E-state index contributed by atoms with van der Waals surface area (Å²) < 4.78 is 19.3. The molecule has 5 aromatic rings. The van der Waals surface area contributed by atoms with Crippen molar-refractivity contribution in [3.63, 3.8) is 0 Å². The summed E-state index contributed by atoms with van der Waals surface area (Å²) in [7, 11) is 1.51. The van der Waals surface area contributed by atoms with E-state index in [0.717, 1.165) is 36.8 Å². The molecule has 0 atom stereocenters. The molecular formula is C37H28Br2N2O6. The molecule has 4 amide bonds. The number of benzene rings is 5. The lowest BCUT2D eigenvalue weighted by Crippen LogP contribution is -2.54. The van der Waals surface area contributed by atoms with Crippen molar-refractivity contribution >= 4 is 72.2 Å². The molecule has 0 spiro atoms. The second kappa shape index (κ2) is 13.8. The van der Waals surface area contributed by atoms with Crippen molar-refractivity contribution in [2.75, 3.05) is 12.0 Å². The smallest absolute Gasteiger partial charge is 0.335 e. The summed E-state index contributed by atoms with van der Waals surface area (Å²) >= 11 is 6.99. The zero-order valence-electron chi connectivity index (χ0n) is 25.4. The Bertz CT molecular complexity index is 2040. The van der Waals surface area contributed by atoms with Crippen molar-refractivity contribution in [1.29, 1.82) is 0 Å². The minimum absolute atomic E-state index is 0.214. The van der Waals surface area contributed by atoms with Crippen LogP contribution in [0.25, 0.3) is 16.8 Å². The van der Waals surface area contributed by atoms with Crippen LogP contribution >= 0.6 is 31.9 Å². The first-order valence-corrected chi connectivity index (χ1v) is 16.2. The Labute approximate surface area is 288 Å². The lowest BCUT2D eigenvalue weighted by Gasteiger charge is -2.26. The summed E-state index contributed by atoms with van der Waals surface area (Å²) in [6.07, 6.45) is 1.42. The number of rotatable bonds is 9. The van der Waals surface area contributed by atoms with Gasteiger partial charge in [0.15, 0.2) is 11.5 Å². The summed E-state index contributed by atoms with van der Waals surface area (Å²) in [6.45, 7) is 2.69. The van der Waals surface area contributed by atoms with Crippen molar-refractivity contribution in [3.8, 4) is 17.2 Å². The van der Waals surface area contributed by atoms with Gasteiger partial charge in [0, 0.05) is 10.0 Å². The number of barbiturate groups is 1. The highest BCUT2D eigenvalue weighted by Crippen LogP contribution is 2.39. The van der Waals surface area contributed by atoms with Crippen LogP contribution < -0.4 is 24.4 Å². The van der Waals surface area contributed by atoms with Crippen molar-refractivity contribution < 1.29 is 28.6 Å². The molecule has 236 valence electrons. The number of urea groups is 1. The number of imide groups is 2. The quantitative estimate of drug-likeness (QED) is 0.120. The van der Waals surface area contributed by atoms with Crippen LogP contribution in [0, 0.1) is 6.92 Å². The van der Waals surface area contributed by atoms with Crippen molar-refractivity contribution in [1.82, 2.24) is 5.32 Å². The van der Waals surface area contributed by atoms with Crippen molar-refractivity contribution in [2.45, 2.75) is 20.1 Å². The van der Waals surface area contributed by atoms with Crippen LogP contribution in [0.5, 0.6) is 17.2 Å². The highest BCUT2D eigenvalue weighted by atomic mass is 79.9. The van der Waals surface area contributed by atoms with Crippen LogP contribution in [-0.4, -0.2) is 25.0 Å². The van der Waals surface area contributed by atoms with Gasteiger partial charge in [0.2, 0.25) is 0 Å². The number of fused-ring (bicyclic) bond motifs is 1. The molecule has 0 bridgehead atoms. The van der Waals surface area contributed by atoms with E-state index in [0.29, 0.717) is 40.5 Å². The Hall–Kier alpha value is -4.93. The number of aryl methyl sites for hydroxylation is 1. The predicted octanol–water partition coefficient (Wildman–Crippen LogP) is 8.51. The van der Waals surface area contributed by atoms with Gasteiger partial charge in [-0.2, -0.15) is 0 Å². The highest BCUT2D eigenvalue weighted by molar-refractivity contribution is 9.10. The Morgan fingerprint density at radius 1 is 0.830 bits per heavy atom. The zero-order valence-corrected chi connectivity index (χ0v) is 28.6. The third-order valence-corrected chi connectivity index (χ3v) is 8.83. The Kier molecular flexibility index (Phi) is 9.42. The number of hydrogen-bond acceptors (Lipinski definition) is 6. The molecule has 47 heavy (non-hydrogen) atoms. The summed E-state index contributed by atoms with van der Waals surface area (Å²) in [6, 6.07) is 29.1. The number of carbonyl (C=O) groups excluding carboxylic acids is 3. The largest absolute Gasteiger partial charge is 0.493 e. The molecule has 1 aliphatic rings. The Morgan fingerprint density at radius 2 is 1.57 bits per heavy atom. The first-order chi connectivity index (χ1) is 22.7. The van der Waals surface area contributed by atoms with Gasteiger partial charge in [-0.3, -0.25) is 14.9 Å². The number of methoxy groups -OCH3 is 1. The molecule has 1 N–H and O–H groups in total. The topological polar surface area (TPSA) is 94.2 Å². The number of hydrogen-bond donors (Lipinski definition) is 1. The first kappa shape index (κ1) is 32.0. The standard InChI is InChI=1S/C37H28Br2N2O6/c1-22-7-10-25-5-3-4-6-29(25)31(22)21-47-34-32(39)18-24(19-33(34)45-2)17-30-35(42)40-37(44)41(36(30)43)27-13-15-28(16-14-27)46-20-23-8-11-26(38)12-9-23/h3-19H,20-21H2,1-2H3,(H,40,42,44)/b30-17+. The number of nitrogens with one attached hydrogen (secondary N) is 1. The van der Waals surface area contributed by atoms with Crippen LogP contribution in [0.15, 0.2) is 112 Å². The number of halogens is 2. The molecule has 6 rings (SSSR count). The van der Waals surface area contributed by atoms with E-state index in [-0.39, 0.29) is 11.3 Å². The van der Waals surface area contributed by atoms with Gasteiger partial charge < -0.3 is 14.2 Å². The molecule has 10 heteroatoms. The lowest BCUT2D eigenvalue weighted by molar-refractivity contribution is -0.122. The third-order valence-electron chi connectivity index (χ3n) is 7.71.